The van der Waals surface area contributed by atoms with Crippen molar-refractivity contribution in [3.8, 4) is 0 Å². The Balaban J connectivity index is 3.40. The second-order valence-corrected chi connectivity index (χ2v) is 13.1. The Bertz CT molecular complexity index is 676. The molecule has 0 aliphatic carbocycles. The normalized spacial score (nSPS) is 13.0. The largest absolute Gasteiger partial charge is 0.463 e. The van der Waals surface area contributed by atoms with Gasteiger partial charge in [-0.15, -0.1) is 0 Å². The van der Waals surface area contributed by atoms with Gasteiger partial charge in [0.1, 0.15) is 13.2 Å². The molecule has 0 aromatic heterocycles. The average Bonchev–Trinajstić information content (AvgIpc) is 3.06. The van der Waals surface area contributed by atoms with Crippen molar-refractivity contribution in [2.24, 2.45) is 0 Å². The van der Waals surface area contributed by atoms with E-state index in [1.807, 2.05) is 0 Å². The highest BCUT2D eigenvalue weighted by Gasteiger charge is 2.05. The fraction of sp³-hybridized carbons (Fsp3) is 0.850. The third kappa shape index (κ3) is 37.0. The molecule has 0 saturated heterocycles. The molecule has 47 heavy (non-hydrogen) atoms. The zero-order chi connectivity index (χ0) is 34.5. The molecule has 276 valence electrons. The number of rotatable bonds is 36. The summed E-state index contributed by atoms with van der Waals surface area (Å²) < 4.78 is 15.9. The van der Waals surface area contributed by atoms with E-state index in [0.29, 0.717) is 26.1 Å². The summed E-state index contributed by atoms with van der Waals surface area (Å²) in [5.41, 5.74) is 0. The Kier molecular flexibility index (Phi) is 35.8. The lowest BCUT2D eigenvalue weighted by molar-refractivity contribution is -0.146. The summed E-state index contributed by atoms with van der Waals surface area (Å²) in [6.07, 6.45) is 34.8. The van der Waals surface area contributed by atoms with Gasteiger partial charge in [-0.25, -0.2) is 0 Å². The number of aliphatic hydroxyl groups excluding tert-OH is 2. The Labute approximate surface area is 289 Å². The Morgan fingerprint density at radius 2 is 0.872 bits per heavy atom. The van der Waals surface area contributed by atoms with Crippen LogP contribution in [0.5, 0.6) is 0 Å². The van der Waals surface area contributed by atoms with Crippen LogP contribution in [0.15, 0.2) is 24.3 Å². The first-order valence-corrected chi connectivity index (χ1v) is 19.5. The molecule has 0 aromatic rings. The van der Waals surface area contributed by atoms with Gasteiger partial charge in [0.15, 0.2) is 0 Å². The Morgan fingerprint density at radius 3 is 1.30 bits per heavy atom. The number of allylic oxidation sites excluding steroid dienone is 2. The third-order valence-corrected chi connectivity index (χ3v) is 8.42. The van der Waals surface area contributed by atoms with Gasteiger partial charge in [0.05, 0.1) is 25.4 Å². The van der Waals surface area contributed by atoms with E-state index in [9.17, 15) is 19.8 Å². The molecule has 0 aromatic carbocycles. The van der Waals surface area contributed by atoms with Crippen molar-refractivity contribution in [3.05, 3.63) is 24.3 Å². The quantitative estimate of drug-likeness (QED) is 0.0390. The van der Waals surface area contributed by atoms with E-state index in [1.165, 1.54) is 38.5 Å². The highest BCUT2D eigenvalue weighted by Crippen LogP contribution is 2.12. The van der Waals surface area contributed by atoms with Crippen molar-refractivity contribution in [1.82, 2.24) is 0 Å². The fourth-order valence-electron chi connectivity index (χ4n) is 5.39. The summed E-state index contributed by atoms with van der Waals surface area (Å²) in [4.78, 5) is 23.8. The predicted molar refractivity (Wildman–Crippen MR) is 194 cm³/mol. The summed E-state index contributed by atoms with van der Waals surface area (Å²) in [6, 6.07) is 0. The van der Waals surface area contributed by atoms with Crippen LogP contribution in [0.2, 0.25) is 0 Å². The van der Waals surface area contributed by atoms with Crippen LogP contribution >= 0.6 is 0 Å². The van der Waals surface area contributed by atoms with Crippen LogP contribution in [0.1, 0.15) is 181 Å². The Morgan fingerprint density at radius 1 is 0.489 bits per heavy atom. The number of aliphatic hydroxyl groups is 2. The van der Waals surface area contributed by atoms with Crippen LogP contribution in [-0.2, 0) is 23.8 Å². The first-order chi connectivity index (χ1) is 23.0. The second kappa shape index (κ2) is 37.1. The smallest absolute Gasteiger partial charge is 0.305 e. The van der Waals surface area contributed by atoms with E-state index in [4.69, 9.17) is 14.2 Å². The summed E-state index contributed by atoms with van der Waals surface area (Å²) in [5, 5.41) is 20.0. The minimum absolute atomic E-state index is 0.184. The van der Waals surface area contributed by atoms with Crippen LogP contribution < -0.4 is 0 Å². The molecule has 0 radical (unpaired) electrons. The number of ether oxygens (including phenoxy) is 3. The first kappa shape index (κ1) is 45.3. The van der Waals surface area contributed by atoms with Gasteiger partial charge in [-0.3, -0.25) is 9.59 Å². The van der Waals surface area contributed by atoms with Crippen LogP contribution in [0, 0.1) is 0 Å². The van der Waals surface area contributed by atoms with Gasteiger partial charge in [-0.05, 0) is 64.2 Å². The highest BCUT2D eigenvalue weighted by molar-refractivity contribution is 5.69. The zero-order valence-corrected chi connectivity index (χ0v) is 30.6. The number of hydrogen-bond donors (Lipinski definition) is 2. The second-order valence-electron chi connectivity index (χ2n) is 13.1. The minimum atomic E-state index is -0.198. The Hall–Kier alpha value is -1.70. The number of carbonyl (C=O) groups excluding carboxylic acids is 2. The SMILES string of the molecule is CCCCCCC(O)C/C=C\CCCCCCCC(=O)OCCOCCOC(=O)CCCCCCC/C=C\CC(O)CCCCCC. The van der Waals surface area contributed by atoms with E-state index in [2.05, 4.69) is 38.2 Å². The van der Waals surface area contributed by atoms with Gasteiger partial charge in [0, 0.05) is 12.8 Å². The molecule has 0 amide bonds. The molecule has 2 N–H and O–H groups in total. The maximum absolute atomic E-state index is 11.9. The van der Waals surface area contributed by atoms with Crippen molar-refractivity contribution in [2.45, 2.75) is 193 Å². The average molecular weight is 667 g/mol. The van der Waals surface area contributed by atoms with E-state index < -0.39 is 0 Å². The zero-order valence-electron chi connectivity index (χ0n) is 30.6. The van der Waals surface area contributed by atoms with Gasteiger partial charge in [-0.2, -0.15) is 0 Å². The molecular formula is C40H74O7. The highest BCUT2D eigenvalue weighted by atomic mass is 16.6. The van der Waals surface area contributed by atoms with Crippen molar-refractivity contribution < 1.29 is 34.0 Å². The monoisotopic (exact) mass is 667 g/mol. The topological polar surface area (TPSA) is 102 Å². The van der Waals surface area contributed by atoms with Crippen LogP contribution in [0.3, 0.4) is 0 Å². The van der Waals surface area contributed by atoms with Crippen LogP contribution in [-0.4, -0.2) is 60.8 Å². The van der Waals surface area contributed by atoms with Gasteiger partial charge < -0.3 is 24.4 Å². The first-order valence-electron chi connectivity index (χ1n) is 19.5. The summed E-state index contributed by atoms with van der Waals surface area (Å²) >= 11 is 0. The van der Waals surface area contributed by atoms with E-state index in [-0.39, 0.29) is 37.4 Å². The predicted octanol–water partition coefficient (Wildman–Crippen LogP) is 10.1. The van der Waals surface area contributed by atoms with Gasteiger partial charge in [-0.1, -0.05) is 128 Å². The molecule has 0 rings (SSSR count). The molecule has 0 spiro atoms. The van der Waals surface area contributed by atoms with E-state index in [0.717, 1.165) is 116 Å². The van der Waals surface area contributed by atoms with Crippen molar-refractivity contribution in [3.63, 3.8) is 0 Å². The maximum atomic E-state index is 11.9. The molecule has 0 bridgehead atoms. The van der Waals surface area contributed by atoms with Crippen molar-refractivity contribution in [2.75, 3.05) is 26.4 Å². The number of esters is 2. The molecule has 0 aliphatic heterocycles. The molecule has 0 aliphatic rings. The van der Waals surface area contributed by atoms with Crippen molar-refractivity contribution in [1.29, 1.82) is 0 Å². The number of unbranched alkanes of at least 4 members (excludes halogenated alkanes) is 16. The lowest BCUT2D eigenvalue weighted by atomic mass is 10.1. The molecule has 0 fully saturated rings. The number of hydrogen-bond acceptors (Lipinski definition) is 7. The van der Waals surface area contributed by atoms with Gasteiger partial charge >= 0.3 is 11.9 Å². The van der Waals surface area contributed by atoms with E-state index in [1.54, 1.807) is 0 Å². The molecule has 2 atom stereocenters. The minimum Gasteiger partial charge on any atom is -0.463 e. The fourth-order valence-corrected chi connectivity index (χ4v) is 5.39. The van der Waals surface area contributed by atoms with E-state index >= 15 is 0 Å². The molecule has 7 heteroatoms. The van der Waals surface area contributed by atoms with Gasteiger partial charge in [0.25, 0.3) is 0 Å². The molecule has 0 heterocycles. The summed E-state index contributed by atoms with van der Waals surface area (Å²) in [6.45, 7) is 5.47. The molecular weight excluding hydrogens is 592 g/mol. The van der Waals surface area contributed by atoms with Crippen LogP contribution in [0.4, 0.5) is 0 Å². The number of carbonyl (C=O) groups is 2. The molecule has 2 unspecified atom stereocenters. The van der Waals surface area contributed by atoms with Crippen LogP contribution in [0.25, 0.3) is 0 Å². The molecule has 0 saturated carbocycles. The lowest BCUT2D eigenvalue weighted by Crippen LogP contribution is -2.14. The standard InChI is InChI=1S/C40H74O7/c1-3-5-7-21-27-37(41)29-23-17-13-9-11-15-19-25-31-39(43)46-35-33-45-34-36-47-40(44)32-26-20-16-12-10-14-18-24-30-38(42)28-22-8-6-4-2/h17-18,23-24,37-38,41-42H,3-16,19-22,25-36H2,1-2H3/b23-17-,24-18-. The molecule has 7 nitrogen and oxygen atoms in total. The summed E-state index contributed by atoms with van der Waals surface area (Å²) in [5.74, 6) is -0.368. The lowest BCUT2D eigenvalue weighted by Gasteiger charge is -2.07. The third-order valence-electron chi connectivity index (χ3n) is 8.42. The van der Waals surface area contributed by atoms with Gasteiger partial charge in [0.2, 0.25) is 0 Å². The van der Waals surface area contributed by atoms with Crippen molar-refractivity contribution >= 4 is 11.9 Å². The summed E-state index contributed by atoms with van der Waals surface area (Å²) in [7, 11) is 0. The maximum Gasteiger partial charge on any atom is 0.305 e.